The highest BCUT2D eigenvalue weighted by atomic mass is 14.4. The van der Waals surface area contributed by atoms with Crippen LogP contribution in [-0.4, -0.2) is 0 Å². The molecular formula is C17H14. The van der Waals surface area contributed by atoms with Crippen molar-refractivity contribution in [3.63, 3.8) is 0 Å². The average Bonchev–Trinajstić information content (AvgIpc) is 2.88. The predicted molar refractivity (Wildman–Crippen MR) is 71.6 cm³/mol. The van der Waals surface area contributed by atoms with Crippen LogP contribution in [0.15, 0.2) is 65.8 Å². The molecule has 0 N–H and O–H groups in total. The third-order valence-electron chi connectivity index (χ3n) is 4.22. The summed E-state index contributed by atoms with van der Waals surface area (Å²) in [6.45, 7) is 2.27. The van der Waals surface area contributed by atoms with Crippen molar-refractivity contribution in [3.05, 3.63) is 76.9 Å². The highest BCUT2D eigenvalue weighted by molar-refractivity contribution is 5.81. The smallest absolute Gasteiger partial charge is 0.0255 e. The summed E-state index contributed by atoms with van der Waals surface area (Å²) in [6.07, 6.45) is 11.3. The molecule has 3 aliphatic rings. The first-order valence-corrected chi connectivity index (χ1v) is 6.23. The second kappa shape index (κ2) is 3.10. The van der Waals surface area contributed by atoms with Gasteiger partial charge in [0, 0.05) is 11.8 Å². The molecule has 0 radical (unpaired) electrons. The summed E-state index contributed by atoms with van der Waals surface area (Å²) in [5.41, 5.74) is 7.50. The highest BCUT2D eigenvalue weighted by Crippen LogP contribution is 2.53. The summed E-state index contributed by atoms with van der Waals surface area (Å²) < 4.78 is 0. The number of benzene rings is 1. The quantitative estimate of drug-likeness (QED) is 0.611. The Morgan fingerprint density at radius 2 is 1.88 bits per heavy atom. The lowest BCUT2D eigenvalue weighted by molar-refractivity contribution is 0.903. The minimum absolute atomic E-state index is 0.525. The lowest BCUT2D eigenvalue weighted by Crippen LogP contribution is -2.01. The molecule has 82 valence electrons. The van der Waals surface area contributed by atoms with Crippen LogP contribution in [0.25, 0.3) is 5.57 Å². The standard InChI is InChI=1S/C17H14/c1-11-13-7-4-5-9-15(13)16-10-12-6-2-3-8-14(12)17(11)16/h2-10,14,16H,1H3. The average molecular weight is 218 g/mol. The fourth-order valence-corrected chi connectivity index (χ4v) is 3.46. The molecule has 0 saturated heterocycles. The van der Waals surface area contributed by atoms with Gasteiger partial charge in [-0.3, -0.25) is 0 Å². The Morgan fingerprint density at radius 3 is 2.82 bits per heavy atom. The molecule has 3 aliphatic carbocycles. The van der Waals surface area contributed by atoms with Crippen molar-refractivity contribution in [2.24, 2.45) is 5.92 Å². The zero-order valence-electron chi connectivity index (χ0n) is 9.85. The summed E-state index contributed by atoms with van der Waals surface area (Å²) in [6, 6.07) is 8.83. The maximum absolute atomic E-state index is 2.44. The van der Waals surface area contributed by atoms with Gasteiger partial charge in [0.05, 0.1) is 0 Å². The molecule has 0 aromatic heterocycles. The maximum atomic E-state index is 2.44. The molecule has 0 aliphatic heterocycles. The Balaban J connectivity index is 1.97. The van der Waals surface area contributed by atoms with Crippen LogP contribution in [0.5, 0.6) is 0 Å². The molecule has 1 aromatic rings. The third kappa shape index (κ3) is 1.08. The molecule has 0 heterocycles. The molecule has 17 heavy (non-hydrogen) atoms. The normalized spacial score (nSPS) is 27.9. The summed E-state index contributed by atoms with van der Waals surface area (Å²) in [4.78, 5) is 0. The molecule has 0 spiro atoms. The van der Waals surface area contributed by atoms with Gasteiger partial charge in [0.1, 0.15) is 0 Å². The minimum atomic E-state index is 0.525. The fraction of sp³-hybridized carbons (Fsp3) is 0.176. The van der Waals surface area contributed by atoms with E-state index in [1.165, 1.54) is 22.3 Å². The van der Waals surface area contributed by atoms with Crippen LogP contribution < -0.4 is 0 Å². The minimum Gasteiger partial charge on any atom is -0.0729 e. The number of fused-ring (bicyclic) bond motifs is 5. The summed E-state index contributed by atoms with van der Waals surface area (Å²) >= 11 is 0. The lowest BCUT2D eigenvalue weighted by Gasteiger charge is -2.14. The topological polar surface area (TPSA) is 0 Å². The van der Waals surface area contributed by atoms with Gasteiger partial charge in [-0.1, -0.05) is 54.6 Å². The molecule has 0 bridgehead atoms. The van der Waals surface area contributed by atoms with E-state index in [2.05, 4.69) is 61.6 Å². The first-order chi connectivity index (χ1) is 8.36. The van der Waals surface area contributed by atoms with Gasteiger partial charge in [0.25, 0.3) is 0 Å². The van der Waals surface area contributed by atoms with Gasteiger partial charge >= 0.3 is 0 Å². The monoisotopic (exact) mass is 218 g/mol. The largest absolute Gasteiger partial charge is 0.0729 e. The van der Waals surface area contributed by atoms with E-state index in [4.69, 9.17) is 0 Å². The Morgan fingerprint density at radius 1 is 1.00 bits per heavy atom. The van der Waals surface area contributed by atoms with Crippen LogP contribution in [-0.2, 0) is 0 Å². The van der Waals surface area contributed by atoms with Gasteiger partial charge in [-0.25, -0.2) is 0 Å². The molecule has 2 atom stereocenters. The molecule has 0 amide bonds. The molecule has 0 nitrogen and oxygen atoms in total. The summed E-state index contributed by atoms with van der Waals surface area (Å²) in [5.74, 6) is 1.05. The van der Waals surface area contributed by atoms with Crippen LogP contribution in [0, 0.1) is 5.92 Å². The van der Waals surface area contributed by atoms with E-state index in [9.17, 15) is 0 Å². The van der Waals surface area contributed by atoms with Crippen molar-refractivity contribution in [2.45, 2.75) is 12.8 Å². The first-order valence-electron chi connectivity index (χ1n) is 6.23. The Kier molecular flexibility index (Phi) is 1.69. The van der Waals surface area contributed by atoms with Gasteiger partial charge in [0.2, 0.25) is 0 Å². The van der Waals surface area contributed by atoms with E-state index in [0.717, 1.165) is 0 Å². The number of hydrogen-bond donors (Lipinski definition) is 0. The molecule has 1 aromatic carbocycles. The molecule has 4 rings (SSSR count). The van der Waals surface area contributed by atoms with Crippen molar-refractivity contribution in [1.29, 1.82) is 0 Å². The zero-order chi connectivity index (χ0) is 11.4. The van der Waals surface area contributed by atoms with Crippen molar-refractivity contribution in [3.8, 4) is 0 Å². The van der Waals surface area contributed by atoms with Crippen molar-refractivity contribution >= 4 is 5.57 Å². The lowest BCUT2D eigenvalue weighted by atomic mass is 9.89. The van der Waals surface area contributed by atoms with Gasteiger partial charge in [-0.2, -0.15) is 0 Å². The van der Waals surface area contributed by atoms with E-state index < -0.39 is 0 Å². The van der Waals surface area contributed by atoms with E-state index in [0.29, 0.717) is 11.8 Å². The van der Waals surface area contributed by atoms with Crippen LogP contribution in [0.1, 0.15) is 24.0 Å². The number of hydrogen-bond acceptors (Lipinski definition) is 0. The second-order valence-corrected chi connectivity index (χ2v) is 5.03. The van der Waals surface area contributed by atoms with E-state index in [1.807, 2.05) is 0 Å². The van der Waals surface area contributed by atoms with Crippen LogP contribution >= 0.6 is 0 Å². The highest BCUT2D eigenvalue weighted by Gasteiger charge is 2.37. The first kappa shape index (κ1) is 9.23. The Hall–Kier alpha value is -1.82. The molecule has 0 heteroatoms. The fourth-order valence-electron chi connectivity index (χ4n) is 3.46. The Bertz CT molecular complexity index is 623. The molecule has 2 unspecified atom stereocenters. The number of allylic oxidation sites excluding steroid dienone is 8. The predicted octanol–water partition coefficient (Wildman–Crippen LogP) is 4.24. The van der Waals surface area contributed by atoms with Gasteiger partial charge < -0.3 is 0 Å². The van der Waals surface area contributed by atoms with Gasteiger partial charge in [0.15, 0.2) is 0 Å². The SMILES string of the molecule is CC1=C2C3C=CC=CC3=CC2c2ccccc21. The Labute approximate surface area is 102 Å². The molecule has 0 fully saturated rings. The van der Waals surface area contributed by atoms with E-state index in [1.54, 1.807) is 5.57 Å². The van der Waals surface area contributed by atoms with Crippen molar-refractivity contribution in [2.75, 3.05) is 0 Å². The van der Waals surface area contributed by atoms with Gasteiger partial charge in [-0.05, 0) is 34.8 Å². The maximum Gasteiger partial charge on any atom is 0.0255 e. The third-order valence-corrected chi connectivity index (χ3v) is 4.22. The summed E-state index contributed by atoms with van der Waals surface area (Å²) in [5, 5.41) is 0. The van der Waals surface area contributed by atoms with Crippen LogP contribution in [0.3, 0.4) is 0 Å². The van der Waals surface area contributed by atoms with E-state index >= 15 is 0 Å². The van der Waals surface area contributed by atoms with Gasteiger partial charge in [-0.15, -0.1) is 0 Å². The zero-order valence-corrected chi connectivity index (χ0v) is 9.85. The van der Waals surface area contributed by atoms with E-state index in [-0.39, 0.29) is 0 Å². The van der Waals surface area contributed by atoms with Crippen LogP contribution in [0.4, 0.5) is 0 Å². The summed E-state index contributed by atoms with van der Waals surface area (Å²) in [7, 11) is 0. The van der Waals surface area contributed by atoms with Crippen molar-refractivity contribution < 1.29 is 0 Å². The second-order valence-electron chi connectivity index (χ2n) is 5.03. The van der Waals surface area contributed by atoms with Crippen LogP contribution in [0.2, 0.25) is 0 Å². The van der Waals surface area contributed by atoms with Crippen molar-refractivity contribution in [1.82, 2.24) is 0 Å². The number of rotatable bonds is 0. The molecular weight excluding hydrogens is 204 g/mol. The molecule has 0 saturated carbocycles.